The van der Waals surface area contributed by atoms with Gasteiger partial charge in [0.1, 0.15) is 11.6 Å². The molecule has 0 saturated carbocycles. The molecule has 0 saturated heterocycles. The smallest absolute Gasteiger partial charge is 0.335 e. The quantitative estimate of drug-likeness (QED) is 0.311. The Morgan fingerprint density at radius 2 is 1.92 bits per heavy atom. The van der Waals surface area contributed by atoms with E-state index < -0.39 is 35.4 Å². The fourth-order valence-corrected chi connectivity index (χ4v) is 3.82. The van der Waals surface area contributed by atoms with Crippen molar-refractivity contribution in [1.82, 2.24) is 4.98 Å². The zero-order valence-corrected chi connectivity index (χ0v) is 20.2. The number of halogens is 2. The molecule has 3 rings (SSSR count). The molecule has 36 heavy (non-hydrogen) atoms. The van der Waals surface area contributed by atoms with Crippen molar-refractivity contribution in [2.75, 3.05) is 11.5 Å². The molecule has 1 aliphatic carbocycles. The monoisotopic (exact) mass is 508 g/mol. The van der Waals surface area contributed by atoms with Crippen molar-refractivity contribution in [1.29, 1.82) is 0 Å². The molecule has 0 aliphatic heterocycles. The minimum absolute atomic E-state index is 0.0209. The second-order valence-corrected chi connectivity index (χ2v) is 8.20. The summed E-state index contributed by atoms with van der Waals surface area (Å²) in [6.45, 7) is 1.30. The van der Waals surface area contributed by atoms with Crippen LogP contribution in [0.2, 0.25) is 5.02 Å². The largest absolute Gasteiger partial charge is 0.476 e. The van der Waals surface area contributed by atoms with Gasteiger partial charge in [-0.1, -0.05) is 23.4 Å². The second-order valence-electron chi connectivity index (χ2n) is 7.79. The number of pyridine rings is 1. The zero-order valence-electron chi connectivity index (χ0n) is 19.4. The SMILES string of the molecule is C#CCOC(=O)C1=C(C(=O)N(C(=O)c2cccnc2)c2cc(OC(C)C#C)c(Cl)cc2F)CCCC1. The summed E-state index contributed by atoms with van der Waals surface area (Å²) in [5, 5.41) is -0.102. The lowest BCUT2D eigenvalue weighted by Gasteiger charge is -2.26. The van der Waals surface area contributed by atoms with Crippen molar-refractivity contribution >= 4 is 35.1 Å². The number of aromatic nitrogens is 1. The fraction of sp³-hybridized carbons (Fsp3) is 0.259. The molecule has 0 fully saturated rings. The first-order valence-electron chi connectivity index (χ1n) is 11.0. The van der Waals surface area contributed by atoms with Crippen molar-refractivity contribution in [3.63, 3.8) is 0 Å². The summed E-state index contributed by atoms with van der Waals surface area (Å²) in [6, 6.07) is 4.97. The molecule has 2 amide bonds. The molecule has 0 radical (unpaired) electrons. The number of amides is 2. The first kappa shape index (κ1) is 26.5. The Morgan fingerprint density at radius 3 is 2.56 bits per heavy atom. The molecule has 184 valence electrons. The summed E-state index contributed by atoms with van der Waals surface area (Å²) in [7, 11) is 0. The van der Waals surface area contributed by atoms with Crippen LogP contribution in [0.3, 0.4) is 0 Å². The number of benzene rings is 1. The van der Waals surface area contributed by atoms with Gasteiger partial charge in [-0.15, -0.1) is 12.8 Å². The third-order valence-electron chi connectivity index (χ3n) is 5.35. The number of nitrogens with zero attached hydrogens (tertiary/aromatic N) is 2. The normalized spacial score (nSPS) is 13.7. The maximum absolute atomic E-state index is 15.3. The van der Waals surface area contributed by atoms with Gasteiger partial charge >= 0.3 is 5.97 Å². The van der Waals surface area contributed by atoms with Gasteiger partial charge in [0, 0.05) is 29.6 Å². The molecule has 1 atom stereocenters. The Hall–Kier alpha value is -4.14. The van der Waals surface area contributed by atoms with Crippen LogP contribution in [-0.2, 0) is 14.3 Å². The molecule has 7 nitrogen and oxygen atoms in total. The van der Waals surface area contributed by atoms with Gasteiger partial charge in [-0.2, -0.15) is 0 Å². The van der Waals surface area contributed by atoms with Crippen molar-refractivity contribution in [3.8, 4) is 30.4 Å². The molecule has 9 heteroatoms. The average molecular weight is 509 g/mol. The number of esters is 1. The predicted octanol–water partition coefficient (Wildman–Crippen LogP) is 4.50. The number of carbonyl (C=O) groups is 3. The van der Waals surface area contributed by atoms with Crippen LogP contribution < -0.4 is 9.64 Å². The Bertz CT molecular complexity index is 1290. The summed E-state index contributed by atoms with van der Waals surface area (Å²) in [4.78, 5) is 44.5. The highest BCUT2D eigenvalue weighted by atomic mass is 35.5. The molecule has 2 aromatic rings. The van der Waals surface area contributed by atoms with E-state index in [2.05, 4.69) is 16.8 Å². The number of anilines is 1. The first-order chi connectivity index (χ1) is 17.3. The van der Waals surface area contributed by atoms with Crippen LogP contribution in [0.4, 0.5) is 10.1 Å². The summed E-state index contributed by atoms with van der Waals surface area (Å²) in [6.07, 6.45) is 14.1. The number of terminal acetylenes is 2. The molecular weight excluding hydrogens is 487 g/mol. The van der Waals surface area contributed by atoms with Gasteiger partial charge in [-0.05, 0) is 50.8 Å². The molecule has 1 aromatic carbocycles. The Kier molecular flexibility index (Phi) is 8.83. The highest BCUT2D eigenvalue weighted by molar-refractivity contribution is 6.32. The van der Waals surface area contributed by atoms with Gasteiger partial charge in [-0.3, -0.25) is 14.6 Å². The van der Waals surface area contributed by atoms with Crippen molar-refractivity contribution < 1.29 is 28.2 Å². The highest BCUT2D eigenvalue weighted by Crippen LogP contribution is 2.36. The highest BCUT2D eigenvalue weighted by Gasteiger charge is 2.34. The summed E-state index contributed by atoms with van der Waals surface area (Å²) >= 11 is 6.13. The van der Waals surface area contributed by atoms with Crippen LogP contribution in [0.5, 0.6) is 5.75 Å². The van der Waals surface area contributed by atoms with E-state index in [1.807, 2.05) is 0 Å². The Morgan fingerprint density at radius 1 is 1.19 bits per heavy atom. The summed E-state index contributed by atoms with van der Waals surface area (Å²) in [5.41, 5.74) is -0.272. The molecule has 0 spiro atoms. The Balaban J connectivity index is 2.17. The lowest BCUT2D eigenvalue weighted by molar-refractivity contribution is -0.138. The minimum Gasteiger partial charge on any atom is -0.476 e. The van der Waals surface area contributed by atoms with Gasteiger partial charge in [0.25, 0.3) is 11.8 Å². The van der Waals surface area contributed by atoms with E-state index in [1.165, 1.54) is 24.5 Å². The van der Waals surface area contributed by atoms with Gasteiger partial charge in [0.05, 0.1) is 16.3 Å². The van der Waals surface area contributed by atoms with Crippen LogP contribution in [0.15, 0.2) is 47.8 Å². The fourth-order valence-electron chi connectivity index (χ4n) is 3.63. The lowest BCUT2D eigenvalue weighted by Crippen LogP contribution is -2.40. The number of imide groups is 1. The standard InChI is InChI=1S/C27H22ClFN2O5/c1-4-13-35-27(34)20-11-7-6-10-19(20)26(33)31(25(32)18-9-8-12-30-16-18)23-15-24(36-17(3)5-2)21(28)14-22(23)29/h1-2,8-9,12,14-17H,6-7,10-11,13H2,3H3. The third-order valence-corrected chi connectivity index (χ3v) is 5.65. The number of carbonyl (C=O) groups excluding carboxylic acids is 3. The lowest BCUT2D eigenvalue weighted by atomic mass is 9.90. The Labute approximate surface area is 213 Å². The predicted molar refractivity (Wildman–Crippen MR) is 132 cm³/mol. The topological polar surface area (TPSA) is 85.8 Å². The molecular formula is C27H22ClFN2O5. The average Bonchev–Trinajstić information content (AvgIpc) is 2.90. The van der Waals surface area contributed by atoms with Crippen LogP contribution >= 0.6 is 11.6 Å². The van der Waals surface area contributed by atoms with Crippen LogP contribution in [0, 0.1) is 30.5 Å². The van der Waals surface area contributed by atoms with E-state index in [0.29, 0.717) is 17.7 Å². The molecule has 1 aliphatic rings. The first-order valence-corrected chi connectivity index (χ1v) is 11.4. The van der Waals surface area contributed by atoms with E-state index in [-0.39, 0.29) is 46.9 Å². The summed E-state index contributed by atoms with van der Waals surface area (Å²) in [5.74, 6) is 1.07. The van der Waals surface area contributed by atoms with E-state index >= 15 is 4.39 Å². The van der Waals surface area contributed by atoms with Crippen molar-refractivity contribution in [3.05, 3.63) is 64.2 Å². The number of rotatable bonds is 7. The summed E-state index contributed by atoms with van der Waals surface area (Å²) < 4.78 is 25.8. The van der Waals surface area contributed by atoms with E-state index in [1.54, 1.807) is 6.92 Å². The number of hydrogen-bond acceptors (Lipinski definition) is 6. The van der Waals surface area contributed by atoms with Crippen LogP contribution in [0.1, 0.15) is 43.0 Å². The van der Waals surface area contributed by atoms with E-state index in [4.69, 9.17) is 33.9 Å². The van der Waals surface area contributed by atoms with Crippen molar-refractivity contribution in [2.24, 2.45) is 0 Å². The molecule has 0 bridgehead atoms. The molecule has 1 unspecified atom stereocenters. The minimum atomic E-state index is -0.959. The van der Waals surface area contributed by atoms with Crippen LogP contribution in [0.25, 0.3) is 0 Å². The van der Waals surface area contributed by atoms with Crippen molar-refractivity contribution in [2.45, 2.75) is 38.7 Å². The van der Waals surface area contributed by atoms with Gasteiger partial charge in [0.15, 0.2) is 12.7 Å². The number of ether oxygens (including phenoxy) is 2. The second kappa shape index (κ2) is 12.0. The number of hydrogen-bond donors (Lipinski definition) is 0. The maximum atomic E-state index is 15.3. The molecule has 0 N–H and O–H groups in total. The van der Waals surface area contributed by atoms with Gasteiger partial charge < -0.3 is 9.47 Å². The molecule has 1 heterocycles. The molecule has 1 aromatic heterocycles. The zero-order chi connectivity index (χ0) is 26.2. The van der Waals surface area contributed by atoms with Gasteiger partial charge in [0.2, 0.25) is 0 Å². The van der Waals surface area contributed by atoms with Gasteiger partial charge in [-0.25, -0.2) is 14.1 Å². The maximum Gasteiger partial charge on any atom is 0.335 e. The van der Waals surface area contributed by atoms with E-state index in [0.717, 1.165) is 12.1 Å². The van der Waals surface area contributed by atoms with E-state index in [9.17, 15) is 14.4 Å². The third kappa shape index (κ3) is 5.91. The van der Waals surface area contributed by atoms with Crippen LogP contribution in [-0.4, -0.2) is 35.5 Å².